The van der Waals surface area contributed by atoms with Crippen LogP contribution in [0.4, 0.5) is 14.5 Å². The molecule has 106 valence electrons. The van der Waals surface area contributed by atoms with Gasteiger partial charge in [-0.3, -0.25) is 0 Å². The van der Waals surface area contributed by atoms with Crippen molar-refractivity contribution in [3.8, 4) is 0 Å². The summed E-state index contributed by atoms with van der Waals surface area (Å²) in [7, 11) is 0. The number of benzene rings is 2. The summed E-state index contributed by atoms with van der Waals surface area (Å²) in [6.07, 6.45) is 5.28. The summed E-state index contributed by atoms with van der Waals surface area (Å²) in [5.41, 5.74) is 2.61. The van der Waals surface area contributed by atoms with Gasteiger partial charge in [-0.15, -0.1) is 0 Å². The molecule has 1 aliphatic heterocycles. The second kappa shape index (κ2) is 4.69. The summed E-state index contributed by atoms with van der Waals surface area (Å²) in [6.45, 7) is 0. The molecular formula is C18H15F2N. The Labute approximate surface area is 122 Å². The van der Waals surface area contributed by atoms with E-state index in [9.17, 15) is 8.78 Å². The molecule has 1 N–H and O–H groups in total. The van der Waals surface area contributed by atoms with E-state index in [2.05, 4.69) is 17.5 Å². The molecule has 0 aromatic heterocycles. The first-order valence-electron chi connectivity index (χ1n) is 7.21. The molecule has 0 saturated carbocycles. The van der Waals surface area contributed by atoms with E-state index in [4.69, 9.17) is 0 Å². The third-order valence-electron chi connectivity index (χ3n) is 4.58. The van der Waals surface area contributed by atoms with E-state index in [-0.39, 0.29) is 23.6 Å². The van der Waals surface area contributed by atoms with Crippen LogP contribution in [0.25, 0.3) is 0 Å². The second-order valence-corrected chi connectivity index (χ2v) is 5.73. The van der Waals surface area contributed by atoms with Crippen LogP contribution in [0.5, 0.6) is 0 Å². The predicted molar refractivity (Wildman–Crippen MR) is 79.2 cm³/mol. The number of para-hydroxylation sites is 1. The van der Waals surface area contributed by atoms with Gasteiger partial charge in [0.25, 0.3) is 0 Å². The minimum absolute atomic E-state index is 0.00926. The van der Waals surface area contributed by atoms with E-state index in [0.717, 1.165) is 17.5 Å². The average molecular weight is 283 g/mol. The fraction of sp³-hybridized carbons (Fsp3) is 0.222. The molecule has 3 atom stereocenters. The maximum absolute atomic E-state index is 14.1. The van der Waals surface area contributed by atoms with Crippen molar-refractivity contribution < 1.29 is 8.78 Å². The fourth-order valence-corrected chi connectivity index (χ4v) is 3.58. The summed E-state index contributed by atoms with van der Waals surface area (Å²) in [5.74, 6) is 0.109. The first kappa shape index (κ1) is 12.6. The Morgan fingerprint density at radius 3 is 2.62 bits per heavy atom. The Bertz CT molecular complexity index is 706. The molecule has 1 nitrogen and oxygen atoms in total. The highest BCUT2D eigenvalue weighted by Crippen LogP contribution is 2.50. The Morgan fingerprint density at radius 2 is 1.81 bits per heavy atom. The van der Waals surface area contributed by atoms with Crippen LogP contribution < -0.4 is 5.32 Å². The van der Waals surface area contributed by atoms with Crippen LogP contribution in [-0.2, 0) is 0 Å². The van der Waals surface area contributed by atoms with E-state index >= 15 is 0 Å². The minimum atomic E-state index is -0.248. The van der Waals surface area contributed by atoms with E-state index in [1.165, 1.54) is 18.2 Å². The summed E-state index contributed by atoms with van der Waals surface area (Å²) < 4.78 is 27.3. The molecule has 2 aliphatic rings. The first-order chi connectivity index (χ1) is 10.2. The zero-order valence-electron chi connectivity index (χ0n) is 11.4. The highest BCUT2D eigenvalue weighted by molar-refractivity contribution is 5.60. The second-order valence-electron chi connectivity index (χ2n) is 5.73. The van der Waals surface area contributed by atoms with Crippen molar-refractivity contribution in [3.05, 3.63) is 77.4 Å². The molecule has 2 aromatic carbocycles. The predicted octanol–water partition coefficient (Wildman–Crippen LogP) is 4.79. The molecule has 2 aromatic rings. The molecule has 0 saturated heterocycles. The lowest BCUT2D eigenvalue weighted by Crippen LogP contribution is -2.29. The minimum Gasteiger partial charge on any atom is -0.375 e. The van der Waals surface area contributed by atoms with Crippen molar-refractivity contribution in [1.29, 1.82) is 0 Å². The van der Waals surface area contributed by atoms with Crippen LogP contribution in [0, 0.1) is 17.6 Å². The molecule has 3 heteroatoms. The van der Waals surface area contributed by atoms with Gasteiger partial charge in [0.15, 0.2) is 0 Å². The number of hydrogen-bond acceptors (Lipinski definition) is 1. The number of fused-ring (bicyclic) bond motifs is 3. The van der Waals surface area contributed by atoms with E-state index in [1.54, 1.807) is 18.2 Å². The van der Waals surface area contributed by atoms with Gasteiger partial charge < -0.3 is 5.32 Å². The molecular weight excluding hydrogens is 268 g/mol. The van der Waals surface area contributed by atoms with Crippen molar-refractivity contribution in [3.63, 3.8) is 0 Å². The SMILES string of the molecule is Fc1ccc([C@@H]2Nc3c(F)cccc3[C@H]3C=CC[C@@H]32)cc1. The number of hydrogen-bond donors (Lipinski definition) is 1. The van der Waals surface area contributed by atoms with Crippen LogP contribution >= 0.6 is 0 Å². The van der Waals surface area contributed by atoms with Gasteiger partial charge in [-0.2, -0.15) is 0 Å². The molecule has 0 bridgehead atoms. The van der Waals surface area contributed by atoms with E-state index < -0.39 is 0 Å². The average Bonchev–Trinajstić information content (AvgIpc) is 2.98. The maximum Gasteiger partial charge on any atom is 0.146 e. The van der Waals surface area contributed by atoms with Gasteiger partial charge in [-0.1, -0.05) is 36.4 Å². The van der Waals surface area contributed by atoms with Crippen LogP contribution in [0.1, 0.15) is 29.5 Å². The smallest absolute Gasteiger partial charge is 0.146 e. The molecule has 1 aliphatic carbocycles. The van der Waals surface area contributed by atoms with Gasteiger partial charge >= 0.3 is 0 Å². The lowest BCUT2D eigenvalue weighted by atomic mass is 9.77. The van der Waals surface area contributed by atoms with Crippen molar-refractivity contribution >= 4 is 5.69 Å². The largest absolute Gasteiger partial charge is 0.375 e. The fourth-order valence-electron chi connectivity index (χ4n) is 3.58. The van der Waals surface area contributed by atoms with Crippen LogP contribution in [0.15, 0.2) is 54.6 Å². The Kier molecular flexibility index (Phi) is 2.81. The van der Waals surface area contributed by atoms with Gasteiger partial charge in [0, 0.05) is 5.92 Å². The van der Waals surface area contributed by atoms with Crippen molar-refractivity contribution in [2.45, 2.75) is 18.4 Å². The number of halogens is 2. The molecule has 21 heavy (non-hydrogen) atoms. The molecule has 1 heterocycles. The Morgan fingerprint density at radius 1 is 1.00 bits per heavy atom. The monoisotopic (exact) mass is 283 g/mol. The van der Waals surface area contributed by atoms with Crippen molar-refractivity contribution in [2.75, 3.05) is 5.32 Å². The molecule has 0 radical (unpaired) electrons. The standard InChI is InChI=1S/C18H15F2N/c19-12-9-7-11(8-10-12)17-14-4-1-3-13(14)15-5-2-6-16(20)18(15)21-17/h1-3,5-10,13-14,17,21H,4H2/t13-,14-,17-/m0/s1. The first-order valence-corrected chi connectivity index (χ1v) is 7.21. The zero-order valence-corrected chi connectivity index (χ0v) is 11.4. The molecule has 0 fully saturated rings. The van der Waals surface area contributed by atoms with Crippen molar-refractivity contribution in [1.82, 2.24) is 0 Å². The van der Waals surface area contributed by atoms with Gasteiger partial charge in [0.1, 0.15) is 11.6 Å². The highest BCUT2D eigenvalue weighted by atomic mass is 19.1. The van der Waals surface area contributed by atoms with Gasteiger partial charge in [-0.25, -0.2) is 8.78 Å². The number of rotatable bonds is 1. The summed E-state index contributed by atoms with van der Waals surface area (Å²) >= 11 is 0. The third kappa shape index (κ3) is 1.96. The van der Waals surface area contributed by atoms with Gasteiger partial charge in [0.2, 0.25) is 0 Å². The summed E-state index contributed by atoms with van der Waals surface area (Å²) in [6, 6.07) is 11.7. The highest BCUT2D eigenvalue weighted by Gasteiger charge is 2.38. The normalized spacial score (nSPS) is 26.1. The maximum atomic E-state index is 14.1. The molecule has 0 amide bonds. The van der Waals surface area contributed by atoms with Crippen LogP contribution in [-0.4, -0.2) is 0 Å². The van der Waals surface area contributed by atoms with Gasteiger partial charge in [0.05, 0.1) is 11.7 Å². The molecule has 0 spiro atoms. The van der Waals surface area contributed by atoms with Crippen molar-refractivity contribution in [2.24, 2.45) is 5.92 Å². The topological polar surface area (TPSA) is 12.0 Å². The van der Waals surface area contributed by atoms with Crippen LogP contribution in [0.2, 0.25) is 0 Å². The zero-order chi connectivity index (χ0) is 14.4. The lowest BCUT2D eigenvalue weighted by Gasteiger charge is -2.37. The number of nitrogens with one attached hydrogen (secondary N) is 1. The number of anilines is 1. The summed E-state index contributed by atoms with van der Waals surface area (Å²) in [4.78, 5) is 0. The third-order valence-corrected chi connectivity index (χ3v) is 4.58. The Balaban J connectivity index is 1.81. The molecule has 0 unspecified atom stereocenters. The van der Waals surface area contributed by atoms with E-state index in [1.807, 2.05) is 6.07 Å². The van der Waals surface area contributed by atoms with Crippen LogP contribution in [0.3, 0.4) is 0 Å². The summed E-state index contributed by atoms with van der Waals surface area (Å²) in [5, 5.41) is 3.33. The lowest BCUT2D eigenvalue weighted by molar-refractivity contribution is 0.420. The Hall–Kier alpha value is -2.16. The van der Waals surface area contributed by atoms with E-state index in [0.29, 0.717) is 11.6 Å². The quantitative estimate of drug-likeness (QED) is 0.742. The molecule has 4 rings (SSSR count). The number of allylic oxidation sites excluding steroid dienone is 2. The van der Waals surface area contributed by atoms with Gasteiger partial charge in [-0.05, 0) is 41.7 Å².